The third-order valence-electron chi connectivity index (χ3n) is 7.82. The molecular formula is C37H40F4N4O2S. The second-order valence-corrected chi connectivity index (χ2v) is 11.9. The van der Waals surface area contributed by atoms with Gasteiger partial charge in [0, 0.05) is 42.1 Å². The molecule has 0 saturated carbocycles. The Morgan fingerprint density at radius 2 is 1.69 bits per heavy atom. The molecule has 1 aliphatic carbocycles. The second kappa shape index (κ2) is 15.5. The lowest BCUT2D eigenvalue weighted by Gasteiger charge is -2.28. The predicted octanol–water partition coefficient (Wildman–Crippen LogP) is 7.53. The van der Waals surface area contributed by atoms with Crippen LogP contribution in [0.15, 0.2) is 76.5 Å². The zero-order valence-electron chi connectivity index (χ0n) is 37.5. The molecule has 254 valence electrons. The number of likely N-dealkylation sites (N-methyl/N-ethyl adjacent to an activating group) is 1. The van der Waals surface area contributed by atoms with Gasteiger partial charge >= 0.3 is 6.18 Å². The molecule has 5 rings (SSSR count). The monoisotopic (exact) mass is 691 g/mol. The van der Waals surface area contributed by atoms with Crippen molar-refractivity contribution in [1.82, 2.24) is 19.4 Å². The van der Waals surface area contributed by atoms with Crippen molar-refractivity contribution in [2.75, 3.05) is 26.1 Å². The van der Waals surface area contributed by atoms with Crippen LogP contribution in [0.5, 0.6) is 0 Å². The van der Waals surface area contributed by atoms with Gasteiger partial charge < -0.3 is 14.4 Å². The summed E-state index contributed by atoms with van der Waals surface area (Å²) >= 11 is 1.12. The number of alkyl halides is 3. The number of nitrogens with zero attached hydrogens (tertiary/aromatic N) is 4. The average molecular weight is 692 g/mol. The number of carbonyl (C=O) groups is 1. The number of halogens is 4. The summed E-state index contributed by atoms with van der Waals surface area (Å²) in [6.45, 7) is -3.32. The fourth-order valence-electron chi connectivity index (χ4n) is 5.31. The summed E-state index contributed by atoms with van der Waals surface area (Å²) in [5, 5.41) is 0.163. The van der Waals surface area contributed by atoms with Crippen LogP contribution in [0.2, 0.25) is 0 Å². The molecular weight excluding hydrogens is 640 g/mol. The van der Waals surface area contributed by atoms with Crippen molar-refractivity contribution in [2.24, 2.45) is 0 Å². The summed E-state index contributed by atoms with van der Waals surface area (Å²) in [4.78, 5) is 33.7. The highest BCUT2D eigenvalue weighted by atomic mass is 32.2. The Kier molecular flexibility index (Phi) is 7.56. The summed E-state index contributed by atoms with van der Waals surface area (Å²) in [6.07, 6.45) is -3.68. The molecule has 6 nitrogen and oxygen atoms in total. The summed E-state index contributed by atoms with van der Waals surface area (Å²) in [7, 11) is 0. The number of benzene rings is 3. The van der Waals surface area contributed by atoms with Crippen molar-refractivity contribution in [3.8, 4) is 11.1 Å². The van der Waals surface area contributed by atoms with Gasteiger partial charge in [0.15, 0.2) is 5.16 Å². The van der Waals surface area contributed by atoms with Gasteiger partial charge in [-0.1, -0.05) is 74.0 Å². The zero-order valence-corrected chi connectivity index (χ0v) is 27.3. The third-order valence-corrected chi connectivity index (χ3v) is 8.87. The van der Waals surface area contributed by atoms with E-state index in [1.807, 2.05) is 0 Å². The number of thioether (sulfide) groups is 1. The van der Waals surface area contributed by atoms with Crippen molar-refractivity contribution in [1.29, 1.82) is 0 Å². The SMILES string of the molecule is [2H]c1c([2H])c(-c2c([2H])c([2H])c(C(F)(F)F)c(C)c2[2H])c([2H])c([2H])c1CN(CCN(C([2H])([2H])C)C([2H])([2H])C)C(=O)Cn1c(SCc2ccc(F)cc2)nc(=O)c2c1CCC2. The van der Waals surface area contributed by atoms with Crippen molar-refractivity contribution < 1.29 is 37.4 Å². The minimum absolute atomic E-state index is 0.163. The smallest absolute Gasteiger partial charge is 0.336 e. The maximum Gasteiger partial charge on any atom is 0.416 e. The summed E-state index contributed by atoms with van der Waals surface area (Å²) < 4.78 is 150. The third kappa shape index (κ3) is 8.54. The van der Waals surface area contributed by atoms with Crippen LogP contribution in [0.3, 0.4) is 0 Å². The molecule has 0 unspecified atom stereocenters. The van der Waals surface area contributed by atoms with Crippen LogP contribution >= 0.6 is 11.8 Å². The van der Waals surface area contributed by atoms with Crippen molar-refractivity contribution in [3.05, 3.63) is 116 Å². The molecule has 11 heteroatoms. The molecule has 4 aromatic rings. The molecule has 0 N–H and O–H groups in total. The number of hydrogen-bond acceptors (Lipinski definition) is 5. The second-order valence-electron chi connectivity index (χ2n) is 11.0. The van der Waals surface area contributed by atoms with E-state index in [0.717, 1.165) is 42.3 Å². The molecule has 0 bridgehead atoms. The van der Waals surface area contributed by atoms with E-state index < -0.39 is 127 Å². The number of carbonyl (C=O) groups excluding carboxylic acids is 1. The zero-order chi connectivity index (χ0) is 44.1. The number of aromatic nitrogens is 2. The van der Waals surface area contributed by atoms with Crippen LogP contribution in [0, 0.1) is 12.7 Å². The van der Waals surface area contributed by atoms with Gasteiger partial charge in [0.2, 0.25) is 5.91 Å². The summed E-state index contributed by atoms with van der Waals surface area (Å²) in [5.74, 6) is -0.926. The topological polar surface area (TPSA) is 58.4 Å². The minimum atomic E-state index is -5.10. The van der Waals surface area contributed by atoms with Crippen LogP contribution in [-0.2, 0) is 42.7 Å². The molecule has 0 atom stereocenters. The first kappa shape index (κ1) is 23.4. The van der Waals surface area contributed by atoms with Gasteiger partial charge in [-0.25, -0.2) is 4.39 Å². The molecule has 1 aromatic heterocycles. The van der Waals surface area contributed by atoms with E-state index in [1.165, 1.54) is 12.1 Å². The van der Waals surface area contributed by atoms with Crippen LogP contribution < -0.4 is 5.56 Å². The Hall–Kier alpha value is -3.96. The van der Waals surface area contributed by atoms with Gasteiger partial charge in [-0.2, -0.15) is 18.2 Å². The maximum atomic E-state index is 14.5. The number of hydrogen-bond donors (Lipinski definition) is 0. The van der Waals surface area contributed by atoms with Gasteiger partial charge in [0.1, 0.15) is 12.4 Å². The molecule has 1 amide bonds. The Labute approximate surface area is 298 Å². The maximum absolute atomic E-state index is 14.5. The molecule has 0 spiro atoms. The van der Waals surface area contributed by atoms with E-state index >= 15 is 0 Å². The number of rotatable bonds is 13. The molecule has 48 heavy (non-hydrogen) atoms. The van der Waals surface area contributed by atoms with Gasteiger partial charge in [0.25, 0.3) is 5.56 Å². The van der Waals surface area contributed by atoms with Crippen LogP contribution in [0.25, 0.3) is 11.1 Å². The molecule has 0 saturated heterocycles. The molecule has 1 aliphatic rings. The fraction of sp³-hybridized carbons (Fsp3) is 0.378. The van der Waals surface area contributed by atoms with Gasteiger partial charge in [-0.05, 0) is 85.2 Å². The Morgan fingerprint density at radius 3 is 2.35 bits per heavy atom. The highest BCUT2D eigenvalue weighted by Gasteiger charge is 2.32. The molecule has 0 aliphatic heterocycles. The normalized spacial score (nSPS) is 16.7. The lowest BCUT2D eigenvalue weighted by molar-refractivity contribution is -0.138. The van der Waals surface area contributed by atoms with Gasteiger partial charge in [-0.15, -0.1) is 0 Å². The van der Waals surface area contributed by atoms with Crippen LogP contribution in [0.1, 0.15) is 68.9 Å². The Balaban J connectivity index is 1.61. The highest BCUT2D eigenvalue weighted by Crippen LogP contribution is 2.34. The van der Waals surface area contributed by atoms with E-state index in [4.69, 9.17) is 15.1 Å². The lowest BCUT2D eigenvalue weighted by Crippen LogP contribution is -2.40. The van der Waals surface area contributed by atoms with E-state index in [1.54, 1.807) is 16.7 Å². The number of amides is 1. The van der Waals surface area contributed by atoms with E-state index in [2.05, 4.69) is 4.98 Å². The van der Waals surface area contributed by atoms with Crippen molar-refractivity contribution in [3.63, 3.8) is 0 Å². The van der Waals surface area contributed by atoms with Crippen LogP contribution in [0.4, 0.5) is 17.6 Å². The molecule has 0 radical (unpaired) electrons. The quantitative estimate of drug-likeness (QED) is 0.0825. The Bertz CT molecular complexity index is 2280. The first-order valence-electron chi connectivity index (χ1n) is 20.6. The van der Waals surface area contributed by atoms with Crippen molar-refractivity contribution >= 4 is 17.7 Å². The summed E-state index contributed by atoms with van der Waals surface area (Å²) in [5.41, 5.74) is -2.90. The predicted molar refractivity (Wildman–Crippen MR) is 181 cm³/mol. The highest BCUT2D eigenvalue weighted by molar-refractivity contribution is 7.98. The van der Waals surface area contributed by atoms with Crippen LogP contribution in [-0.4, -0.2) is 51.3 Å². The van der Waals surface area contributed by atoms with Crippen molar-refractivity contribution in [2.45, 2.75) is 70.2 Å². The number of fused-ring (bicyclic) bond motifs is 1. The molecule has 3 aromatic carbocycles. The minimum Gasteiger partial charge on any atom is -0.336 e. The fourth-order valence-corrected chi connectivity index (χ4v) is 6.28. The van der Waals surface area contributed by atoms with E-state index in [0.29, 0.717) is 36.1 Å². The van der Waals surface area contributed by atoms with Gasteiger partial charge in [-0.3, -0.25) is 9.59 Å². The lowest BCUT2D eigenvalue weighted by atomic mass is 9.98. The van der Waals surface area contributed by atoms with E-state index in [9.17, 15) is 27.2 Å². The first-order chi connectivity index (χ1) is 27.2. The first-order valence-corrected chi connectivity index (χ1v) is 16.1. The standard InChI is InChI=1S/C37H40F4N4O2S/c1-4-43(5-2)19-20-44(22-26-9-13-28(14-10-26)29-15-18-32(25(3)21-29)37(39,40)41)34(46)23-45-33-8-6-7-31(33)35(47)42-36(45)48-24-27-11-16-30(38)17-12-27/h9-18,21H,4-8,19-20,22-24H2,1-3H3/i4D2,5D2,9D,10D,13D,14D,15D,18D,21D. The van der Waals surface area contributed by atoms with Gasteiger partial charge in [0.05, 0.1) is 15.2 Å². The Morgan fingerprint density at radius 1 is 1.00 bits per heavy atom. The summed E-state index contributed by atoms with van der Waals surface area (Å²) in [6, 6.07) is -0.944. The molecule has 1 heterocycles. The van der Waals surface area contributed by atoms with E-state index in [-0.39, 0.29) is 16.5 Å². The largest absolute Gasteiger partial charge is 0.416 e. The molecule has 0 fully saturated rings. The average Bonchev–Trinajstić information content (AvgIpc) is 3.63.